The second-order valence-electron chi connectivity index (χ2n) is 9.68. The Morgan fingerprint density at radius 3 is 2.42 bits per heavy atom. The van der Waals surface area contributed by atoms with Crippen molar-refractivity contribution in [1.29, 1.82) is 0 Å². The summed E-state index contributed by atoms with van der Waals surface area (Å²) in [7, 11) is 0. The Morgan fingerprint density at radius 2 is 1.69 bits per heavy atom. The van der Waals surface area contributed by atoms with Crippen LogP contribution in [0.1, 0.15) is 36.1 Å². The van der Waals surface area contributed by atoms with E-state index in [0.29, 0.717) is 34.2 Å². The summed E-state index contributed by atoms with van der Waals surface area (Å²) in [6.45, 7) is 8.75. The Kier molecular flexibility index (Phi) is 5.96. The zero-order chi connectivity index (χ0) is 25.6. The Balaban J connectivity index is 1.77. The van der Waals surface area contributed by atoms with Gasteiger partial charge in [0, 0.05) is 18.0 Å². The molecule has 0 fully saturated rings. The molecule has 8 nitrogen and oxygen atoms in total. The van der Waals surface area contributed by atoms with E-state index in [0.717, 1.165) is 16.7 Å². The molecule has 0 aliphatic heterocycles. The fourth-order valence-electron chi connectivity index (χ4n) is 4.64. The third kappa shape index (κ3) is 4.08. The second kappa shape index (κ2) is 9.11. The molecule has 5 aromatic rings. The lowest BCUT2D eigenvalue weighted by Gasteiger charge is -2.14. The SMILES string of the molecule is Cc1ccc2c(Cn3c(=O)c4c(ncn4CC(C)C)n(Cc4ccccc4)c3=O)cc(=O)oc2c1C. The highest BCUT2D eigenvalue weighted by Gasteiger charge is 2.20. The van der Waals surface area contributed by atoms with E-state index in [-0.39, 0.29) is 19.0 Å². The molecule has 0 saturated carbocycles. The van der Waals surface area contributed by atoms with Crippen molar-refractivity contribution < 1.29 is 4.42 Å². The van der Waals surface area contributed by atoms with Gasteiger partial charge in [0.15, 0.2) is 11.2 Å². The normalized spacial score (nSPS) is 11.7. The zero-order valence-electron chi connectivity index (χ0n) is 20.8. The molecule has 0 N–H and O–H groups in total. The molecule has 0 atom stereocenters. The van der Waals surface area contributed by atoms with Gasteiger partial charge in [-0.3, -0.25) is 13.9 Å². The van der Waals surface area contributed by atoms with Crippen LogP contribution in [0.2, 0.25) is 0 Å². The molecule has 0 amide bonds. The zero-order valence-corrected chi connectivity index (χ0v) is 20.8. The van der Waals surface area contributed by atoms with Crippen molar-refractivity contribution in [1.82, 2.24) is 18.7 Å². The van der Waals surface area contributed by atoms with Crippen LogP contribution in [-0.2, 0) is 19.6 Å². The largest absolute Gasteiger partial charge is 0.422 e. The number of fused-ring (bicyclic) bond motifs is 2. The van der Waals surface area contributed by atoms with Gasteiger partial charge in [-0.2, -0.15) is 0 Å². The van der Waals surface area contributed by atoms with Crippen molar-refractivity contribution in [3.05, 3.63) is 108 Å². The first kappa shape index (κ1) is 23.5. The summed E-state index contributed by atoms with van der Waals surface area (Å²) in [6.07, 6.45) is 1.62. The van der Waals surface area contributed by atoms with Crippen LogP contribution in [0.15, 0.2) is 73.7 Å². The Morgan fingerprint density at radius 1 is 0.944 bits per heavy atom. The van der Waals surface area contributed by atoms with Gasteiger partial charge in [-0.25, -0.2) is 14.6 Å². The highest BCUT2D eigenvalue weighted by atomic mass is 16.4. The summed E-state index contributed by atoms with van der Waals surface area (Å²) < 4.78 is 10.0. The second-order valence-corrected chi connectivity index (χ2v) is 9.68. The van der Waals surface area contributed by atoms with Crippen LogP contribution in [0.3, 0.4) is 0 Å². The highest BCUT2D eigenvalue weighted by Crippen LogP contribution is 2.23. The number of nitrogens with zero attached hydrogens (tertiary/aromatic N) is 4. The van der Waals surface area contributed by atoms with Crippen LogP contribution in [0.5, 0.6) is 0 Å². The molecular weight excluding hydrogens is 456 g/mol. The van der Waals surface area contributed by atoms with Gasteiger partial charge in [0.05, 0.1) is 19.4 Å². The number of aryl methyl sites for hydroxylation is 2. The minimum Gasteiger partial charge on any atom is -0.422 e. The number of rotatable bonds is 6. The van der Waals surface area contributed by atoms with E-state index in [1.807, 2.05) is 60.9 Å². The lowest BCUT2D eigenvalue weighted by molar-refractivity contribution is 0.529. The maximum atomic E-state index is 13.8. The molecule has 3 heterocycles. The minimum absolute atomic E-state index is 0.0557. The van der Waals surface area contributed by atoms with Crippen molar-refractivity contribution in [2.24, 2.45) is 5.92 Å². The minimum atomic E-state index is -0.519. The van der Waals surface area contributed by atoms with Gasteiger partial charge < -0.3 is 8.98 Å². The maximum absolute atomic E-state index is 13.8. The van der Waals surface area contributed by atoms with E-state index in [1.165, 1.54) is 15.2 Å². The summed E-state index contributed by atoms with van der Waals surface area (Å²) in [5.74, 6) is 0.277. The number of benzene rings is 2. The third-order valence-corrected chi connectivity index (χ3v) is 6.57. The van der Waals surface area contributed by atoms with E-state index < -0.39 is 16.9 Å². The van der Waals surface area contributed by atoms with Crippen molar-refractivity contribution in [3.8, 4) is 0 Å². The average molecular weight is 485 g/mol. The molecule has 0 spiro atoms. The quantitative estimate of drug-likeness (QED) is 0.342. The Hall–Kier alpha value is -4.20. The molecule has 5 rings (SSSR count). The summed E-state index contributed by atoms with van der Waals surface area (Å²) in [5, 5.41) is 0.703. The Bertz CT molecular complexity index is 1770. The van der Waals surface area contributed by atoms with Crippen molar-refractivity contribution in [2.75, 3.05) is 0 Å². The number of hydrogen-bond donors (Lipinski definition) is 0. The fourth-order valence-corrected chi connectivity index (χ4v) is 4.64. The lowest BCUT2D eigenvalue weighted by atomic mass is 10.0. The first-order chi connectivity index (χ1) is 17.2. The van der Waals surface area contributed by atoms with Gasteiger partial charge in [0.25, 0.3) is 5.56 Å². The van der Waals surface area contributed by atoms with Gasteiger partial charge >= 0.3 is 11.3 Å². The number of aromatic nitrogens is 4. The van der Waals surface area contributed by atoms with Gasteiger partial charge in [-0.05, 0) is 42.0 Å². The molecule has 3 aromatic heterocycles. The standard InChI is InChI=1S/C28H28N4O4/c1-17(2)13-30-16-29-26-24(30)27(34)32(28(35)31(26)14-20-8-6-5-7-9-20)15-21-12-23(33)36-25-19(4)18(3)10-11-22(21)25/h5-12,16-17H,13-15H2,1-4H3. The maximum Gasteiger partial charge on any atom is 0.336 e. The van der Waals surface area contributed by atoms with Crippen molar-refractivity contribution in [2.45, 2.75) is 47.3 Å². The van der Waals surface area contributed by atoms with E-state index in [2.05, 4.69) is 18.8 Å². The van der Waals surface area contributed by atoms with Gasteiger partial charge in [0.2, 0.25) is 0 Å². The van der Waals surface area contributed by atoms with Crippen molar-refractivity contribution in [3.63, 3.8) is 0 Å². The van der Waals surface area contributed by atoms with E-state index in [4.69, 9.17) is 4.42 Å². The van der Waals surface area contributed by atoms with Crippen LogP contribution < -0.4 is 16.9 Å². The smallest absolute Gasteiger partial charge is 0.336 e. The average Bonchev–Trinajstić information content (AvgIpc) is 3.25. The highest BCUT2D eigenvalue weighted by molar-refractivity contribution is 5.84. The van der Waals surface area contributed by atoms with Gasteiger partial charge in [0.1, 0.15) is 5.58 Å². The van der Waals surface area contributed by atoms with Crippen molar-refractivity contribution >= 4 is 22.1 Å². The summed E-state index contributed by atoms with van der Waals surface area (Å²) in [5.41, 5.74) is 3.10. The van der Waals surface area contributed by atoms with Crippen LogP contribution in [0, 0.1) is 19.8 Å². The predicted molar refractivity (Wildman–Crippen MR) is 140 cm³/mol. The molecule has 8 heteroatoms. The molecule has 0 aliphatic carbocycles. The van der Waals surface area contributed by atoms with Gasteiger partial charge in [-0.15, -0.1) is 0 Å². The van der Waals surface area contributed by atoms with E-state index in [1.54, 1.807) is 6.33 Å². The molecule has 0 bridgehead atoms. The molecule has 2 aromatic carbocycles. The monoisotopic (exact) mass is 484 g/mol. The molecule has 36 heavy (non-hydrogen) atoms. The van der Waals surface area contributed by atoms with Crippen LogP contribution in [-0.4, -0.2) is 18.7 Å². The third-order valence-electron chi connectivity index (χ3n) is 6.57. The number of imidazole rings is 1. The van der Waals surface area contributed by atoms with E-state index >= 15 is 0 Å². The number of hydrogen-bond acceptors (Lipinski definition) is 5. The fraction of sp³-hybridized carbons (Fsp3) is 0.286. The Labute approximate surface area is 207 Å². The molecule has 0 unspecified atom stereocenters. The van der Waals surface area contributed by atoms with Crippen LogP contribution in [0.25, 0.3) is 22.1 Å². The first-order valence-electron chi connectivity index (χ1n) is 12.0. The molecule has 0 aliphatic rings. The summed E-state index contributed by atoms with van der Waals surface area (Å²) in [4.78, 5) is 44.4. The molecule has 184 valence electrons. The van der Waals surface area contributed by atoms with Gasteiger partial charge in [-0.1, -0.05) is 56.3 Å². The van der Waals surface area contributed by atoms with Crippen LogP contribution in [0.4, 0.5) is 0 Å². The molecule has 0 radical (unpaired) electrons. The van der Waals surface area contributed by atoms with Crippen LogP contribution >= 0.6 is 0 Å². The summed E-state index contributed by atoms with van der Waals surface area (Å²) in [6, 6.07) is 14.8. The topological polar surface area (TPSA) is 92.0 Å². The first-order valence-corrected chi connectivity index (χ1v) is 12.0. The predicted octanol–water partition coefficient (Wildman–Crippen LogP) is 3.84. The molecule has 0 saturated heterocycles. The van der Waals surface area contributed by atoms with E-state index in [9.17, 15) is 14.4 Å². The summed E-state index contributed by atoms with van der Waals surface area (Å²) >= 11 is 0. The molecular formula is C28H28N4O4. The lowest BCUT2D eigenvalue weighted by Crippen LogP contribution is -2.41.